The van der Waals surface area contributed by atoms with Crippen LogP contribution in [0.5, 0.6) is 5.75 Å². The van der Waals surface area contributed by atoms with Gasteiger partial charge in [-0.05, 0) is 6.07 Å². The Kier molecular flexibility index (Phi) is 2.70. The standard InChI is InChI=1S/C9H11N3O2S/c1-12-7(4-10-11-12)9(13)8-3-6(14-2)5-15-8/h3-5,9,13H,1-2H3. The molecule has 0 saturated carbocycles. The van der Waals surface area contributed by atoms with E-state index in [2.05, 4.69) is 10.3 Å². The summed E-state index contributed by atoms with van der Waals surface area (Å²) in [4.78, 5) is 0.817. The van der Waals surface area contributed by atoms with Crippen LogP contribution < -0.4 is 4.74 Å². The molecule has 2 aromatic heterocycles. The highest BCUT2D eigenvalue weighted by Gasteiger charge is 2.16. The van der Waals surface area contributed by atoms with Crippen molar-refractivity contribution >= 4 is 11.3 Å². The van der Waals surface area contributed by atoms with E-state index in [4.69, 9.17) is 4.74 Å². The van der Waals surface area contributed by atoms with Crippen LogP contribution in [-0.2, 0) is 7.05 Å². The van der Waals surface area contributed by atoms with Crippen molar-refractivity contribution in [3.05, 3.63) is 28.2 Å². The molecule has 1 atom stereocenters. The maximum atomic E-state index is 10.0. The molecule has 1 N–H and O–H groups in total. The molecule has 6 heteroatoms. The summed E-state index contributed by atoms with van der Waals surface area (Å²) in [5.74, 6) is 0.754. The topological polar surface area (TPSA) is 60.2 Å². The average Bonchev–Trinajstić information content (AvgIpc) is 2.84. The van der Waals surface area contributed by atoms with Gasteiger partial charge in [-0.2, -0.15) is 0 Å². The predicted molar refractivity (Wildman–Crippen MR) is 55.9 cm³/mol. The van der Waals surface area contributed by atoms with Crippen LogP contribution in [0.1, 0.15) is 16.7 Å². The van der Waals surface area contributed by atoms with Gasteiger partial charge in [0.15, 0.2) is 0 Å². The Balaban J connectivity index is 2.28. The van der Waals surface area contributed by atoms with Gasteiger partial charge < -0.3 is 9.84 Å². The Morgan fingerprint density at radius 2 is 2.40 bits per heavy atom. The van der Waals surface area contributed by atoms with Crippen LogP contribution in [0.3, 0.4) is 0 Å². The zero-order valence-electron chi connectivity index (χ0n) is 8.41. The number of aliphatic hydroxyl groups is 1. The first-order valence-electron chi connectivity index (χ1n) is 4.37. The number of aromatic nitrogens is 3. The Hall–Kier alpha value is -1.40. The first-order chi connectivity index (χ1) is 7.22. The second kappa shape index (κ2) is 4.00. The summed E-state index contributed by atoms with van der Waals surface area (Å²) in [5.41, 5.74) is 0.666. The second-order valence-corrected chi connectivity index (χ2v) is 4.02. The Morgan fingerprint density at radius 3 is 2.93 bits per heavy atom. The molecule has 2 heterocycles. The second-order valence-electron chi connectivity index (χ2n) is 3.07. The van der Waals surface area contributed by atoms with Crippen LogP contribution >= 0.6 is 11.3 Å². The first kappa shape index (κ1) is 10.1. The Bertz CT molecular complexity index is 452. The molecule has 0 aromatic carbocycles. The van der Waals surface area contributed by atoms with Gasteiger partial charge in [0.25, 0.3) is 0 Å². The van der Waals surface area contributed by atoms with Crippen molar-refractivity contribution in [3.63, 3.8) is 0 Å². The lowest BCUT2D eigenvalue weighted by molar-refractivity contribution is 0.213. The fraction of sp³-hybridized carbons (Fsp3) is 0.333. The van der Waals surface area contributed by atoms with E-state index in [0.29, 0.717) is 5.69 Å². The molecule has 0 bridgehead atoms. The fourth-order valence-electron chi connectivity index (χ4n) is 1.28. The van der Waals surface area contributed by atoms with E-state index in [-0.39, 0.29) is 0 Å². The normalized spacial score (nSPS) is 12.7. The van der Waals surface area contributed by atoms with Crippen LogP contribution in [0, 0.1) is 0 Å². The van der Waals surface area contributed by atoms with Crippen molar-refractivity contribution in [2.75, 3.05) is 7.11 Å². The van der Waals surface area contributed by atoms with Gasteiger partial charge >= 0.3 is 0 Å². The molecular formula is C9H11N3O2S. The number of ether oxygens (including phenoxy) is 1. The summed E-state index contributed by atoms with van der Waals surface area (Å²) in [6.45, 7) is 0. The van der Waals surface area contributed by atoms with Crippen LogP contribution in [0.2, 0.25) is 0 Å². The van der Waals surface area contributed by atoms with Crippen LogP contribution in [0.25, 0.3) is 0 Å². The maximum absolute atomic E-state index is 10.0. The molecule has 1 unspecified atom stereocenters. The zero-order valence-corrected chi connectivity index (χ0v) is 9.23. The predicted octanol–water partition coefficient (Wildman–Crippen LogP) is 0.967. The van der Waals surface area contributed by atoms with Gasteiger partial charge in [-0.25, -0.2) is 4.68 Å². The number of thiophene rings is 1. The minimum Gasteiger partial charge on any atom is -0.496 e. The number of methoxy groups -OCH3 is 1. The SMILES string of the molecule is COc1csc(C(O)c2cnnn2C)c1. The fourth-order valence-corrected chi connectivity index (χ4v) is 2.13. The summed E-state index contributed by atoms with van der Waals surface area (Å²) in [6.07, 6.45) is 0.857. The number of nitrogens with zero attached hydrogens (tertiary/aromatic N) is 3. The third-order valence-corrected chi connectivity index (χ3v) is 3.09. The largest absolute Gasteiger partial charge is 0.496 e. The van der Waals surface area contributed by atoms with E-state index in [1.54, 1.807) is 25.0 Å². The summed E-state index contributed by atoms with van der Waals surface area (Å²) in [7, 11) is 3.35. The first-order valence-corrected chi connectivity index (χ1v) is 5.25. The lowest BCUT2D eigenvalue weighted by Crippen LogP contribution is -2.04. The summed E-state index contributed by atoms with van der Waals surface area (Å²) in [5, 5.41) is 19.4. The lowest BCUT2D eigenvalue weighted by atomic mass is 10.2. The Morgan fingerprint density at radius 1 is 1.60 bits per heavy atom. The Labute approximate surface area is 90.9 Å². The van der Waals surface area contributed by atoms with Gasteiger partial charge in [0, 0.05) is 17.3 Å². The third kappa shape index (κ3) is 1.86. The van der Waals surface area contributed by atoms with Gasteiger partial charge in [0.1, 0.15) is 11.9 Å². The quantitative estimate of drug-likeness (QED) is 0.845. The maximum Gasteiger partial charge on any atom is 0.131 e. The number of aryl methyl sites for hydroxylation is 1. The number of aliphatic hydroxyl groups excluding tert-OH is 1. The molecule has 0 aliphatic heterocycles. The number of rotatable bonds is 3. The monoisotopic (exact) mass is 225 g/mol. The van der Waals surface area contributed by atoms with Crippen molar-refractivity contribution in [2.45, 2.75) is 6.10 Å². The van der Waals surface area contributed by atoms with E-state index in [1.807, 2.05) is 11.4 Å². The highest BCUT2D eigenvalue weighted by molar-refractivity contribution is 7.10. The van der Waals surface area contributed by atoms with Crippen LogP contribution in [-0.4, -0.2) is 27.2 Å². The number of hydrogen-bond donors (Lipinski definition) is 1. The molecule has 0 amide bonds. The molecule has 2 aromatic rings. The van der Waals surface area contributed by atoms with Gasteiger partial charge in [0.2, 0.25) is 0 Å². The molecule has 0 fully saturated rings. The third-order valence-electron chi connectivity index (χ3n) is 2.13. The van der Waals surface area contributed by atoms with Crippen molar-refractivity contribution < 1.29 is 9.84 Å². The van der Waals surface area contributed by atoms with Crippen molar-refractivity contribution in [1.82, 2.24) is 15.0 Å². The molecule has 80 valence electrons. The summed E-state index contributed by atoms with van der Waals surface area (Å²) < 4.78 is 6.61. The minimum atomic E-state index is -0.695. The average molecular weight is 225 g/mol. The van der Waals surface area contributed by atoms with Crippen LogP contribution in [0.4, 0.5) is 0 Å². The molecular weight excluding hydrogens is 214 g/mol. The lowest BCUT2D eigenvalue weighted by Gasteiger charge is -2.06. The smallest absolute Gasteiger partial charge is 0.131 e. The van der Waals surface area contributed by atoms with Crippen molar-refractivity contribution in [3.8, 4) is 5.75 Å². The molecule has 0 saturated heterocycles. The molecule has 0 radical (unpaired) electrons. The highest BCUT2D eigenvalue weighted by Crippen LogP contribution is 2.30. The van der Waals surface area contributed by atoms with E-state index in [0.717, 1.165) is 10.6 Å². The van der Waals surface area contributed by atoms with Gasteiger partial charge in [-0.3, -0.25) is 0 Å². The molecule has 2 rings (SSSR count). The van der Waals surface area contributed by atoms with Gasteiger partial charge in [0.05, 0.1) is 19.0 Å². The minimum absolute atomic E-state index is 0.666. The van der Waals surface area contributed by atoms with Crippen molar-refractivity contribution in [2.24, 2.45) is 7.05 Å². The van der Waals surface area contributed by atoms with E-state index < -0.39 is 6.10 Å². The molecule has 5 nitrogen and oxygen atoms in total. The molecule has 0 aliphatic carbocycles. The van der Waals surface area contributed by atoms with Crippen molar-refractivity contribution in [1.29, 1.82) is 0 Å². The zero-order chi connectivity index (χ0) is 10.8. The number of hydrogen-bond acceptors (Lipinski definition) is 5. The van der Waals surface area contributed by atoms with Gasteiger partial charge in [-0.1, -0.05) is 5.21 Å². The summed E-state index contributed by atoms with van der Waals surface area (Å²) in [6, 6.07) is 1.81. The summed E-state index contributed by atoms with van der Waals surface area (Å²) >= 11 is 1.45. The van der Waals surface area contributed by atoms with Crippen LogP contribution in [0.15, 0.2) is 17.6 Å². The molecule has 0 aliphatic rings. The molecule has 15 heavy (non-hydrogen) atoms. The van der Waals surface area contributed by atoms with E-state index >= 15 is 0 Å². The highest BCUT2D eigenvalue weighted by atomic mass is 32.1. The van der Waals surface area contributed by atoms with Gasteiger partial charge in [-0.15, -0.1) is 16.4 Å². The molecule has 0 spiro atoms. The van der Waals surface area contributed by atoms with E-state index in [1.165, 1.54) is 11.3 Å². The van der Waals surface area contributed by atoms with E-state index in [9.17, 15) is 5.11 Å².